The van der Waals surface area contributed by atoms with Crippen molar-refractivity contribution in [1.82, 2.24) is 15.3 Å². The van der Waals surface area contributed by atoms with Gasteiger partial charge in [-0.2, -0.15) is 0 Å². The number of amides is 1. The molecule has 1 aliphatic carbocycles. The molecule has 1 saturated heterocycles. The van der Waals surface area contributed by atoms with E-state index in [4.69, 9.17) is 9.47 Å². The fraction of sp³-hybridized carbons (Fsp3) is 0.421. The molecule has 2 fully saturated rings. The first-order chi connectivity index (χ1) is 12.8. The molecular weight excluding hydrogens is 332 g/mol. The zero-order valence-electron chi connectivity index (χ0n) is 14.6. The average molecular weight is 354 g/mol. The Bertz CT molecular complexity index is 756. The predicted octanol–water partition coefficient (Wildman–Crippen LogP) is 2.25. The summed E-state index contributed by atoms with van der Waals surface area (Å²) in [5.41, 5.74) is 0.630. The molecule has 26 heavy (non-hydrogen) atoms. The molecule has 2 aliphatic rings. The van der Waals surface area contributed by atoms with Crippen LogP contribution in [0.25, 0.3) is 0 Å². The van der Waals surface area contributed by atoms with Crippen LogP contribution in [0.3, 0.4) is 0 Å². The Morgan fingerprint density at radius 1 is 1.15 bits per heavy atom. The fourth-order valence-corrected chi connectivity index (χ4v) is 2.83. The third kappa shape index (κ3) is 4.11. The number of aromatic nitrogens is 2. The van der Waals surface area contributed by atoms with Gasteiger partial charge in [0.1, 0.15) is 5.75 Å². The van der Waals surface area contributed by atoms with E-state index in [9.17, 15) is 4.79 Å². The van der Waals surface area contributed by atoms with Gasteiger partial charge in [0, 0.05) is 37.6 Å². The first kappa shape index (κ1) is 16.8. The first-order valence-electron chi connectivity index (χ1n) is 8.99. The van der Waals surface area contributed by atoms with Gasteiger partial charge in [-0.25, -0.2) is 9.97 Å². The van der Waals surface area contributed by atoms with Crippen molar-refractivity contribution in [2.24, 2.45) is 5.92 Å². The summed E-state index contributed by atoms with van der Waals surface area (Å²) in [7, 11) is 0. The van der Waals surface area contributed by atoms with Crippen LogP contribution in [0.2, 0.25) is 0 Å². The number of nitrogens with zero attached hydrogens (tertiary/aromatic N) is 3. The van der Waals surface area contributed by atoms with E-state index in [1.54, 1.807) is 36.7 Å². The molecule has 0 unspecified atom stereocenters. The minimum atomic E-state index is -0.0445. The van der Waals surface area contributed by atoms with E-state index in [2.05, 4.69) is 20.2 Å². The van der Waals surface area contributed by atoms with Crippen LogP contribution >= 0.6 is 0 Å². The molecule has 4 rings (SSSR count). The lowest BCUT2D eigenvalue weighted by Crippen LogP contribution is -2.37. The highest BCUT2D eigenvalue weighted by Crippen LogP contribution is 2.29. The summed E-state index contributed by atoms with van der Waals surface area (Å²) < 4.78 is 11.3. The molecule has 2 aromatic rings. The lowest BCUT2D eigenvalue weighted by atomic mass is 10.2. The number of rotatable bonds is 6. The summed E-state index contributed by atoms with van der Waals surface area (Å²) >= 11 is 0. The van der Waals surface area contributed by atoms with Gasteiger partial charge < -0.3 is 19.7 Å². The summed E-state index contributed by atoms with van der Waals surface area (Å²) in [6.45, 7) is 3.62. The van der Waals surface area contributed by atoms with Crippen LogP contribution in [0.5, 0.6) is 11.6 Å². The van der Waals surface area contributed by atoms with E-state index in [0.717, 1.165) is 19.6 Å². The Morgan fingerprint density at radius 3 is 2.62 bits per heavy atom. The first-order valence-corrected chi connectivity index (χ1v) is 8.99. The maximum Gasteiger partial charge on any atom is 0.263 e. The van der Waals surface area contributed by atoms with E-state index in [1.807, 2.05) is 0 Å². The number of nitrogens with one attached hydrogen (secondary N) is 1. The molecule has 1 aromatic heterocycles. The molecule has 0 bridgehead atoms. The van der Waals surface area contributed by atoms with Crippen LogP contribution < -0.4 is 15.0 Å². The number of carbonyl (C=O) groups excluding carboxylic acids is 1. The van der Waals surface area contributed by atoms with Gasteiger partial charge in [0.25, 0.3) is 11.8 Å². The highest BCUT2D eigenvalue weighted by Gasteiger charge is 2.22. The van der Waals surface area contributed by atoms with Crippen molar-refractivity contribution in [3.05, 3.63) is 42.2 Å². The number of morpholine rings is 1. The molecule has 1 amide bonds. The van der Waals surface area contributed by atoms with E-state index in [-0.39, 0.29) is 5.91 Å². The van der Waals surface area contributed by atoms with Crippen molar-refractivity contribution in [3.63, 3.8) is 0 Å². The van der Waals surface area contributed by atoms with E-state index in [0.29, 0.717) is 42.1 Å². The molecule has 1 N–H and O–H groups in total. The minimum absolute atomic E-state index is 0.0445. The second-order valence-electron chi connectivity index (χ2n) is 6.56. The Hall–Kier alpha value is -2.67. The highest BCUT2D eigenvalue weighted by molar-refractivity contribution is 5.94. The van der Waals surface area contributed by atoms with Gasteiger partial charge in [-0.05, 0) is 43.0 Å². The van der Waals surface area contributed by atoms with Crippen molar-refractivity contribution in [2.75, 3.05) is 37.7 Å². The second-order valence-corrected chi connectivity index (χ2v) is 6.56. The molecule has 2 heterocycles. The number of hydrogen-bond acceptors (Lipinski definition) is 6. The van der Waals surface area contributed by atoms with Crippen LogP contribution in [-0.4, -0.2) is 48.7 Å². The smallest absolute Gasteiger partial charge is 0.263 e. The third-order valence-corrected chi connectivity index (χ3v) is 4.54. The van der Waals surface area contributed by atoms with E-state index in [1.165, 1.54) is 12.8 Å². The van der Waals surface area contributed by atoms with Crippen molar-refractivity contribution in [1.29, 1.82) is 0 Å². The van der Waals surface area contributed by atoms with E-state index >= 15 is 0 Å². The maximum atomic E-state index is 12.1. The summed E-state index contributed by atoms with van der Waals surface area (Å²) in [4.78, 5) is 22.9. The van der Waals surface area contributed by atoms with Gasteiger partial charge in [0.15, 0.2) is 5.82 Å². The quantitative estimate of drug-likeness (QED) is 0.857. The molecule has 0 spiro atoms. The van der Waals surface area contributed by atoms with Crippen LogP contribution in [0.15, 0.2) is 36.7 Å². The molecule has 0 atom stereocenters. The Balaban J connectivity index is 1.43. The van der Waals surface area contributed by atoms with Crippen LogP contribution in [0.1, 0.15) is 23.2 Å². The van der Waals surface area contributed by atoms with Crippen molar-refractivity contribution >= 4 is 11.7 Å². The van der Waals surface area contributed by atoms with Gasteiger partial charge in [0.2, 0.25) is 0 Å². The van der Waals surface area contributed by atoms with Crippen molar-refractivity contribution in [3.8, 4) is 11.6 Å². The Morgan fingerprint density at radius 2 is 1.88 bits per heavy atom. The summed E-state index contributed by atoms with van der Waals surface area (Å²) in [5.74, 6) is 2.41. The predicted molar refractivity (Wildman–Crippen MR) is 96.6 cm³/mol. The molecule has 1 aliphatic heterocycles. The topological polar surface area (TPSA) is 76.6 Å². The number of benzene rings is 1. The van der Waals surface area contributed by atoms with Gasteiger partial charge in [-0.15, -0.1) is 0 Å². The molecule has 7 heteroatoms. The molecule has 1 saturated carbocycles. The summed E-state index contributed by atoms with van der Waals surface area (Å²) in [6, 6.07) is 7.10. The summed E-state index contributed by atoms with van der Waals surface area (Å²) in [5, 5.41) is 2.96. The number of ether oxygens (including phenoxy) is 2. The van der Waals surface area contributed by atoms with Gasteiger partial charge in [-0.1, -0.05) is 0 Å². The highest BCUT2D eigenvalue weighted by atomic mass is 16.5. The van der Waals surface area contributed by atoms with Crippen LogP contribution in [0.4, 0.5) is 5.82 Å². The average Bonchev–Trinajstić information content (AvgIpc) is 3.52. The number of anilines is 1. The second kappa shape index (κ2) is 7.70. The largest absolute Gasteiger partial charge is 0.436 e. The Labute approximate surface area is 152 Å². The Kier molecular flexibility index (Phi) is 4.97. The fourth-order valence-electron chi connectivity index (χ4n) is 2.83. The molecule has 7 nitrogen and oxygen atoms in total. The van der Waals surface area contributed by atoms with Crippen molar-refractivity contribution in [2.45, 2.75) is 12.8 Å². The van der Waals surface area contributed by atoms with Gasteiger partial charge >= 0.3 is 0 Å². The summed E-state index contributed by atoms with van der Waals surface area (Å²) in [6.07, 6.45) is 5.71. The molecular formula is C19H22N4O3. The van der Waals surface area contributed by atoms with Gasteiger partial charge in [-0.3, -0.25) is 4.79 Å². The maximum absolute atomic E-state index is 12.1. The van der Waals surface area contributed by atoms with E-state index < -0.39 is 0 Å². The van der Waals surface area contributed by atoms with Crippen molar-refractivity contribution < 1.29 is 14.3 Å². The van der Waals surface area contributed by atoms with Gasteiger partial charge in [0.05, 0.1) is 13.2 Å². The standard InChI is InChI=1S/C19H22N4O3/c24-18(22-13-14-1-2-14)15-3-5-16(6-4-15)26-19-17(20-7-8-21-19)23-9-11-25-12-10-23/h3-8,14H,1-2,9-13H2,(H,22,24). The normalized spacial score (nSPS) is 17.0. The SMILES string of the molecule is O=C(NCC1CC1)c1ccc(Oc2nccnc2N2CCOCC2)cc1. The zero-order valence-corrected chi connectivity index (χ0v) is 14.6. The van der Waals surface area contributed by atoms with Crippen LogP contribution in [-0.2, 0) is 4.74 Å². The minimum Gasteiger partial charge on any atom is -0.436 e. The van der Waals surface area contributed by atoms with Crippen LogP contribution in [0, 0.1) is 5.92 Å². The monoisotopic (exact) mass is 354 g/mol. The lowest BCUT2D eigenvalue weighted by Gasteiger charge is -2.28. The zero-order chi connectivity index (χ0) is 17.8. The molecule has 1 aromatic carbocycles. The number of hydrogen-bond donors (Lipinski definition) is 1. The molecule has 0 radical (unpaired) electrons. The molecule has 136 valence electrons. The number of carbonyl (C=O) groups is 1. The third-order valence-electron chi connectivity index (χ3n) is 4.54. The lowest BCUT2D eigenvalue weighted by molar-refractivity contribution is 0.0952.